The quantitative estimate of drug-likeness (QED) is 0.108. The van der Waals surface area contributed by atoms with Gasteiger partial charge in [0.2, 0.25) is 22.8 Å². The molecule has 0 bridgehead atoms. The van der Waals surface area contributed by atoms with E-state index in [-0.39, 0.29) is 33.6 Å². The Morgan fingerprint density at radius 2 is 0.705 bits per heavy atom. The molecule has 0 aliphatic rings. The van der Waals surface area contributed by atoms with Gasteiger partial charge in [-0.1, -0.05) is 189 Å². The molecule has 4 nitrogen and oxygen atoms in total. The lowest BCUT2D eigenvalue weighted by Gasteiger charge is -2.29. The second-order valence-electron chi connectivity index (χ2n) is 29.9. The third-order valence-corrected chi connectivity index (χ3v) is 16.3. The molecule has 0 aliphatic heterocycles. The van der Waals surface area contributed by atoms with Gasteiger partial charge >= 0.3 is 0 Å². The summed E-state index contributed by atoms with van der Waals surface area (Å²) in [5.74, 6) is 0.692. The van der Waals surface area contributed by atoms with Crippen LogP contribution in [0.15, 0.2) is 128 Å². The van der Waals surface area contributed by atoms with Crippen molar-refractivity contribution in [3.05, 3.63) is 211 Å². The lowest BCUT2D eigenvalue weighted by Crippen LogP contribution is -2.36. The number of aryl methyl sites for hydroxylation is 12. The van der Waals surface area contributed by atoms with E-state index in [1.165, 1.54) is 95.0 Å². The molecular formula is C84H120N4+4. The Kier molecular flexibility index (Phi) is 21.3. The SMILES string of the molecule is Cc1ccc(-c2cc(C)c(C(C)(C)C)c[n+]2C)c(C)c1.Cc1ccc(-c2cc(CC(C)C)c(CC(C)C)c[n+]2C)c(C)c1.Cc1ccccc1-c1cc(C(C)(C)C)c(C(C)(C)C)c[n+]1C.[2H]C([2H])([2H])c1ccc(-c2cc(C([2H])([2H])C(C)C)c(C([2H])([2H])C(C)C)c[n+]2C)c(C)c1. The topological polar surface area (TPSA) is 15.5 Å². The molecule has 4 aromatic carbocycles. The zero-order valence-electron chi connectivity index (χ0n) is 67.1. The minimum absolute atomic E-state index is 0.133. The molecule has 8 rings (SSSR count). The highest BCUT2D eigenvalue weighted by atomic mass is 14.9. The number of rotatable bonds is 12. The van der Waals surface area contributed by atoms with Gasteiger partial charge in [-0.15, -0.1) is 0 Å². The van der Waals surface area contributed by atoms with Crippen LogP contribution in [0.25, 0.3) is 45.0 Å². The van der Waals surface area contributed by atoms with E-state index in [0.717, 1.165) is 24.0 Å². The summed E-state index contributed by atoms with van der Waals surface area (Å²) in [5.41, 5.74) is 26.9. The molecule has 472 valence electrons. The van der Waals surface area contributed by atoms with Crippen molar-refractivity contribution < 1.29 is 27.9 Å². The first-order chi connectivity index (χ1) is 43.5. The van der Waals surface area contributed by atoms with Gasteiger partial charge in [0.1, 0.15) is 28.2 Å². The number of pyridine rings is 4. The van der Waals surface area contributed by atoms with Gasteiger partial charge in [-0.3, -0.25) is 0 Å². The maximum atomic E-state index is 8.70. The predicted octanol–water partition coefficient (Wildman–Crippen LogP) is 19.9. The average molecular weight is 1190 g/mol. The molecule has 0 spiro atoms. The van der Waals surface area contributed by atoms with Crippen molar-refractivity contribution in [2.45, 2.75) is 215 Å². The Morgan fingerprint density at radius 1 is 0.341 bits per heavy atom. The first-order valence-electron chi connectivity index (χ1n) is 35.9. The largest absolute Gasteiger partial charge is 0.212 e. The van der Waals surface area contributed by atoms with Crippen LogP contribution in [0.4, 0.5) is 0 Å². The van der Waals surface area contributed by atoms with E-state index in [2.05, 4.69) is 264 Å². The van der Waals surface area contributed by atoms with Crippen molar-refractivity contribution in [2.75, 3.05) is 0 Å². The summed E-state index contributed by atoms with van der Waals surface area (Å²) in [6, 6.07) is 35.9. The summed E-state index contributed by atoms with van der Waals surface area (Å²) in [4.78, 5) is 0. The zero-order chi connectivity index (χ0) is 72.2. The monoisotopic (exact) mass is 1190 g/mol. The van der Waals surface area contributed by atoms with E-state index in [0.29, 0.717) is 28.7 Å². The first-order valence-corrected chi connectivity index (χ1v) is 32.4. The highest BCUT2D eigenvalue weighted by Gasteiger charge is 2.31. The highest BCUT2D eigenvalue weighted by Crippen LogP contribution is 2.36. The van der Waals surface area contributed by atoms with Crippen LogP contribution in [0, 0.1) is 79.0 Å². The van der Waals surface area contributed by atoms with Crippen LogP contribution in [-0.4, -0.2) is 0 Å². The second kappa shape index (κ2) is 30.3. The van der Waals surface area contributed by atoms with E-state index in [1.807, 2.05) is 6.92 Å². The third kappa shape index (κ3) is 19.7. The molecule has 0 saturated carbocycles. The molecule has 0 aliphatic carbocycles. The normalized spacial score (nSPS) is 13.5. The summed E-state index contributed by atoms with van der Waals surface area (Å²) in [6.45, 7) is 49.8. The number of aromatic nitrogens is 4. The third-order valence-electron chi connectivity index (χ3n) is 16.3. The summed E-state index contributed by atoms with van der Waals surface area (Å²) in [5, 5.41) is 0. The van der Waals surface area contributed by atoms with E-state index in [4.69, 9.17) is 9.60 Å². The lowest BCUT2D eigenvalue weighted by molar-refractivity contribution is -0.661. The van der Waals surface area contributed by atoms with Gasteiger partial charge in [0.25, 0.3) is 0 Å². The van der Waals surface area contributed by atoms with Gasteiger partial charge in [0, 0.05) is 78.4 Å². The molecule has 0 amide bonds. The van der Waals surface area contributed by atoms with Crippen molar-refractivity contribution in [3.8, 4) is 45.0 Å². The molecule has 0 atom stereocenters. The van der Waals surface area contributed by atoms with Crippen LogP contribution in [0.5, 0.6) is 0 Å². The van der Waals surface area contributed by atoms with Crippen molar-refractivity contribution in [1.29, 1.82) is 0 Å². The van der Waals surface area contributed by atoms with Crippen LogP contribution in [-0.2, 0) is 70.0 Å². The van der Waals surface area contributed by atoms with Gasteiger partial charge in [0.15, 0.2) is 24.8 Å². The standard InChI is InChI=1S/2C22H32N.C21H30N.C19H26N/c2*1-15(2)10-19-13-22(21-9-8-17(5)12-18(21)6)23(7)14-20(19)11-16(3)4;1-15-11-9-10-12-16(15)19-13-17(20(2,3)4)18(14-22(19)8)21(5,6)7;1-13-8-9-16(14(2)10-13)18-11-15(3)17(12-20(18)7)19(4,5)6/h2*8-9,12-16H,10-11H2,1-7H3;9-14H,1-8H3;8-12H,1-7H3/q4*+1/i5D3,10D2,11D2;;;. The molecule has 0 unspecified atom stereocenters. The van der Waals surface area contributed by atoms with Crippen LogP contribution in [0.1, 0.15) is 211 Å². The van der Waals surface area contributed by atoms with Crippen LogP contribution in [0.3, 0.4) is 0 Å². The maximum absolute atomic E-state index is 8.70. The molecule has 0 saturated heterocycles. The molecule has 8 aromatic rings. The van der Waals surface area contributed by atoms with Crippen LogP contribution in [0.2, 0.25) is 0 Å². The molecule has 0 N–H and O–H groups in total. The summed E-state index contributed by atoms with van der Waals surface area (Å²) in [6.07, 6.45) is 7.52. The lowest BCUT2D eigenvalue weighted by atomic mass is 9.75. The number of hydrogen-bond donors (Lipinski definition) is 0. The van der Waals surface area contributed by atoms with E-state index in [1.54, 1.807) is 69.8 Å². The van der Waals surface area contributed by atoms with E-state index < -0.39 is 19.6 Å². The molecule has 88 heavy (non-hydrogen) atoms. The molecule has 0 fully saturated rings. The van der Waals surface area contributed by atoms with Crippen molar-refractivity contribution in [2.24, 2.45) is 51.9 Å². The fraction of sp³-hybridized carbons (Fsp3) is 0.476. The molecule has 0 radical (unpaired) electrons. The molecule has 4 heterocycles. The average Bonchev–Trinajstić information content (AvgIpc) is 0.762. The minimum atomic E-state index is -2.19. The summed E-state index contributed by atoms with van der Waals surface area (Å²) >= 11 is 0. The number of benzene rings is 4. The molecular weight excluding hydrogens is 1060 g/mol. The van der Waals surface area contributed by atoms with Crippen molar-refractivity contribution in [1.82, 2.24) is 0 Å². The fourth-order valence-corrected chi connectivity index (χ4v) is 12.0. The molecule has 4 heteroatoms. The maximum Gasteiger partial charge on any atom is 0.212 e. The summed E-state index contributed by atoms with van der Waals surface area (Å²) in [7, 11) is 8.28. The second-order valence-corrected chi connectivity index (χ2v) is 29.9. The van der Waals surface area contributed by atoms with Gasteiger partial charge in [0.05, 0.1) is 0 Å². The Morgan fingerprint density at radius 3 is 1.14 bits per heavy atom. The van der Waals surface area contributed by atoms with Crippen LogP contribution >= 0.6 is 0 Å². The summed E-state index contributed by atoms with van der Waals surface area (Å²) < 4.78 is 66.1. The van der Waals surface area contributed by atoms with Gasteiger partial charge in [-0.25, -0.2) is 18.3 Å². The van der Waals surface area contributed by atoms with Gasteiger partial charge in [-0.05, 0) is 190 Å². The predicted molar refractivity (Wildman–Crippen MR) is 380 cm³/mol. The minimum Gasteiger partial charge on any atom is -0.201 e. The van der Waals surface area contributed by atoms with Crippen molar-refractivity contribution >= 4 is 0 Å². The highest BCUT2D eigenvalue weighted by molar-refractivity contribution is 5.65. The van der Waals surface area contributed by atoms with E-state index >= 15 is 0 Å². The van der Waals surface area contributed by atoms with Crippen LogP contribution < -0.4 is 18.3 Å². The van der Waals surface area contributed by atoms with Gasteiger partial charge in [-0.2, -0.15) is 0 Å². The van der Waals surface area contributed by atoms with E-state index in [9.17, 15) is 0 Å². The Bertz CT molecular complexity index is 3970. The fourth-order valence-electron chi connectivity index (χ4n) is 12.0. The number of hydrogen-bond acceptors (Lipinski definition) is 0. The van der Waals surface area contributed by atoms with Gasteiger partial charge < -0.3 is 0 Å². The number of nitrogens with zero attached hydrogens (tertiary/aromatic N) is 4. The van der Waals surface area contributed by atoms with Crippen molar-refractivity contribution in [3.63, 3.8) is 0 Å². The first kappa shape index (κ1) is 61.7. The Balaban J connectivity index is 0.000000232. The Labute approximate surface area is 548 Å². The zero-order valence-corrected chi connectivity index (χ0v) is 60.1. The Hall–Kier alpha value is -6.52. The molecule has 4 aromatic heterocycles. The smallest absolute Gasteiger partial charge is 0.201 e.